The van der Waals surface area contributed by atoms with Crippen molar-refractivity contribution in [3.63, 3.8) is 0 Å². The summed E-state index contributed by atoms with van der Waals surface area (Å²) in [5.74, 6) is 0. The summed E-state index contributed by atoms with van der Waals surface area (Å²) in [6, 6.07) is 0. The van der Waals surface area contributed by atoms with Gasteiger partial charge in [0.25, 0.3) is 0 Å². The van der Waals surface area contributed by atoms with Crippen LogP contribution in [0.2, 0.25) is 0 Å². The molecular weight excluding hydrogens is 335 g/mol. The van der Waals surface area contributed by atoms with Crippen molar-refractivity contribution in [1.29, 1.82) is 0 Å². The zero-order valence-corrected chi connectivity index (χ0v) is 12.2. The van der Waals surface area contributed by atoms with E-state index in [1.54, 1.807) is 0 Å². The van der Waals surface area contributed by atoms with Crippen LogP contribution in [0.5, 0.6) is 0 Å². The average Bonchev–Trinajstić information content (AvgIpc) is 1.42. The van der Waals surface area contributed by atoms with Gasteiger partial charge in [0, 0.05) is 0 Å². The maximum absolute atomic E-state index is 9.53. The van der Waals surface area contributed by atoms with Gasteiger partial charge in [-0.2, -0.15) is 8.42 Å². The molecule has 0 saturated carbocycles. The number of hydrogen-bond donors (Lipinski definition) is 4. The molecule has 0 bridgehead atoms. The fourth-order valence-corrected chi connectivity index (χ4v) is 1.85. The van der Waals surface area contributed by atoms with Gasteiger partial charge in [-0.1, -0.05) is 0 Å². The zero-order chi connectivity index (χ0) is 12.2. The standard InChI is InChI=1S/2Cr.Na.H2O4S.2H2O.5O.H/c;;;1-5(2,3)4;;;;;;;;/h;;;(H2,1,2,3,4);2*1H2;;;;;;/q3*+1;;;;;;;;;-1/p-2. The van der Waals surface area contributed by atoms with Crippen LogP contribution in [0.15, 0.2) is 0 Å². The Morgan fingerprint density at radius 2 is 1.07 bits per heavy atom. The van der Waals surface area contributed by atoms with E-state index < -0.39 is 37.6 Å². The van der Waals surface area contributed by atoms with E-state index in [1.807, 2.05) is 0 Å². The van der Waals surface area contributed by atoms with Crippen molar-refractivity contribution < 1.29 is 102 Å². The Labute approximate surface area is 112 Å². The molecule has 0 aliphatic heterocycles. The molecule has 11 nitrogen and oxygen atoms in total. The first kappa shape index (κ1) is 21.3. The van der Waals surface area contributed by atoms with Gasteiger partial charge in [0.2, 0.25) is 0 Å². The minimum absolute atomic E-state index is 0. The average molecular weight is 340 g/mol. The molecule has 15 heavy (non-hydrogen) atoms. The van der Waals surface area contributed by atoms with Crippen LogP contribution in [0.1, 0.15) is 1.43 Å². The Morgan fingerprint density at radius 1 is 0.933 bits per heavy atom. The van der Waals surface area contributed by atoms with Crippen molar-refractivity contribution >= 4 is 10.4 Å². The van der Waals surface area contributed by atoms with Crippen molar-refractivity contribution in [2.24, 2.45) is 0 Å². The van der Waals surface area contributed by atoms with E-state index in [0.29, 0.717) is 0 Å². The summed E-state index contributed by atoms with van der Waals surface area (Å²) in [6.45, 7) is 0. The Bertz CT molecular complexity index is 416. The minimum atomic E-state index is -5.76. The first-order valence-corrected chi connectivity index (χ1v) is 7.72. The summed E-state index contributed by atoms with van der Waals surface area (Å²) >= 11 is -11.5. The number of rotatable bonds is 2. The van der Waals surface area contributed by atoms with E-state index in [9.17, 15) is 15.2 Å². The topological polar surface area (TPSA) is 193 Å². The molecule has 0 aromatic carbocycles. The van der Waals surface area contributed by atoms with Crippen LogP contribution >= 0.6 is 0 Å². The molecule has 0 amide bonds. The molecule has 0 heterocycles. The van der Waals surface area contributed by atoms with Gasteiger partial charge >= 0.3 is 93.6 Å². The van der Waals surface area contributed by atoms with E-state index in [0.717, 1.165) is 0 Å². The third-order valence-electron chi connectivity index (χ3n) is 0.172. The third kappa shape index (κ3) is 51.7. The second-order valence-corrected chi connectivity index (χ2v) is 6.03. The summed E-state index contributed by atoms with van der Waals surface area (Å²) < 4.78 is 87.8. The van der Waals surface area contributed by atoms with Gasteiger partial charge in [-0.05, 0) is 0 Å². The predicted molar refractivity (Wildman–Crippen MR) is 23.6 cm³/mol. The second kappa shape index (κ2) is 7.36. The molecular formula is H5Cr2NaO11S. The molecule has 0 fully saturated rings. The van der Waals surface area contributed by atoms with Crippen LogP contribution in [0, 0.1) is 0 Å². The monoisotopic (exact) mass is 340 g/mol. The molecule has 0 aromatic heterocycles. The van der Waals surface area contributed by atoms with E-state index in [2.05, 4.69) is 2.84 Å². The SMILES string of the molecule is O=S(=O)(O)O.[H-].[Na+].[O]=[Cr](=[O])([OH])[O][Cr](=[O])(=[O])[OH]. The summed E-state index contributed by atoms with van der Waals surface area (Å²) in [7, 11) is -4.67. The third-order valence-corrected chi connectivity index (χ3v) is 2.92. The first-order chi connectivity index (χ1) is 5.71. The van der Waals surface area contributed by atoms with E-state index in [4.69, 9.17) is 25.8 Å². The Hall–Kier alpha value is 1.01. The normalized spacial score (nSPS) is 12.0. The van der Waals surface area contributed by atoms with Crippen LogP contribution in [-0.4, -0.2) is 25.8 Å². The van der Waals surface area contributed by atoms with Gasteiger partial charge in [0.15, 0.2) is 0 Å². The van der Waals surface area contributed by atoms with Crippen molar-refractivity contribution in [3.8, 4) is 0 Å². The van der Waals surface area contributed by atoms with Gasteiger partial charge < -0.3 is 1.43 Å². The van der Waals surface area contributed by atoms with E-state index >= 15 is 0 Å². The number of hydrogen-bond acceptors (Lipinski definition) is 7. The zero-order valence-electron chi connectivity index (χ0n) is 7.87. The molecule has 0 saturated heterocycles. The summed E-state index contributed by atoms with van der Waals surface area (Å²) in [6.07, 6.45) is 0. The summed E-state index contributed by atoms with van der Waals surface area (Å²) in [5, 5.41) is 0. The molecule has 0 aliphatic carbocycles. The van der Waals surface area contributed by atoms with Gasteiger partial charge in [0.1, 0.15) is 0 Å². The van der Waals surface area contributed by atoms with Crippen LogP contribution < -0.4 is 29.6 Å². The quantitative estimate of drug-likeness (QED) is 0.277. The second-order valence-electron chi connectivity index (χ2n) is 1.37. The van der Waals surface area contributed by atoms with Gasteiger partial charge in [0.05, 0.1) is 0 Å². The van der Waals surface area contributed by atoms with E-state index in [-0.39, 0.29) is 31.0 Å². The van der Waals surface area contributed by atoms with Gasteiger partial charge in [-0.3, -0.25) is 9.11 Å². The summed E-state index contributed by atoms with van der Waals surface area (Å²) in [4.78, 5) is 0. The molecule has 0 unspecified atom stereocenters. The Morgan fingerprint density at radius 3 is 1.07 bits per heavy atom. The van der Waals surface area contributed by atoms with Crippen LogP contribution in [0.4, 0.5) is 0 Å². The molecule has 0 spiro atoms. The van der Waals surface area contributed by atoms with Gasteiger partial charge in [-0.15, -0.1) is 0 Å². The molecule has 0 aliphatic rings. The molecule has 15 heteroatoms. The van der Waals surface area contributed by atoms with Crippen molar-refractivity contribution in [2.75, 3.05) is 0 Å². The van der Waals surface area contributed by atoms with Crippen molar-refractivity contribution in [3.05, 3.63) is 0 Å². The predicted octanol–water partition coefficient (Wildman–Crippen LogP) is -5.20. The molecule has 0 aromatic rings. The molecule has 0 rings (SSSR count). The maximum atomic E-state index is 9.53. The van der Waals surface area contributed by atoms with Crippen molar-refractivity contribution in [2.45, 2.75) is 0 Å². The Kier molecular flexibility index (Phi) is 10.5. The molecule has 90 valence electrons. The van der Waals surface area contributed by atoms with Crippen LogP contribution in [0.25, 0.3) is 0 Å². The molecule has 4 N–H and O–H groups in total. The molecule has 0 atom stereocenters. The molecule has 0 radical (unpaired) electrons. The van der Waals surface area contributed by atoms with Gasteiger partial charge in [-0.25, -0.2) is 0 Å². The van der Waals surface area contributed by atoms with Crippen LogP contribution in [0.3, 0.4) is 0 Å². The fourth-order valence-electron chi connectivity index (χ4n) is 0.109. The Balaban J connectivity index is -0.0000000904. The summed E-state index contributed by atoms with van der Waals surface area (Å²) in [5.41, 5.74) is 0. The fraction of sp³-hybridized carbons (Fsp3) is 0. The first-order valence-electron chi connectivity index (χ1n) is 2.06. The van der Waals surface area contributed by atoms with Crippen LogP contribution in [-0.2, 0) is 55.7 Å². The van der Waals surface area contributed by atoms with E-state index in [1.165, 1.54) is 0 Å². The van der Waals surface area contributed by atoms with Crippen molar-refractivity contribution in [1.82, 2.24) is 0 Å².